The van der Waals surface area contributed by atoms with E-state index in [9.17, 15) is 9.90 Å². The van der Waals surface area contributed by atoms with Crippen LogP contribution in [0, 0.1) is 0 Å². The van der Waals surface area contributed by atoms with Crippen molar-refractivity contribution in [2.75, 3.05) is 6.54 Å². The van der Waals surface area contributed by atoms with Gasteiger partial charge >= 0.3 is 6.09 Å². The number of carbonyl (C=O) groups is 1. The minimum Gasteiger partial charge on any atom is -0.508 e. The van der Waals surface area contributed by atoms with Crippen LogP contribution in [0.25, 0.3) is 0 Å². The summed E-state index contributed by atoms with van der Waals surface area (Å²) in [6.07, 6.45) is 1.61. The predicted molar refractivity (Wildman–Crippen MR) is 83.4 cm³/mol. The topological polar surface area (TPSA) is 49.8 Å². The minimum atomic E-state index is -0.278. The molecule has 1 amide bonds. The molecule has 4 heteroatoms. The van der Waals surface area contributed by atoms with Crippen molar-refractivity contribution in [1.82, 2.24) is 4.90 Å². The Kier molecular flexibility index (Phi) is 4.28. The Bertz CT molecular complexity index is 625. The Morgan fingerprint density at radius 1 is 1.14 bits per heavy atom. The summed E-state index contributed by atoms with van der Waals surface area (Å²) >= 11 is 0. The molecule has 1 aliphatic rings. The lowest BCUT2D eigenvalue weighted by Gasteiger charge is -2.24. The van der Waals surface area contributed by atoms with E-state index in [4.69, 9.17) is 4.74 Å². The van der Waals surface area contributed by atoms with Crippen LogP contribution in [-0.2, 0) is 11.3 Å². The van der Waals surface area contributed by atoms with Crippen LogP contribution in [0.4, 0.5) is 4.79 Å². The van der Waals surface area contributed by atoms with Gasteiger partial charge in [-0.15, -0.1) is 0 Å². The third-order valence-corrected chi connectivity index (χ3v) is 3.97. The predicted octanol–water partition coefficient (Wildman–Crippen LogP) is 3.87. The Hall–Kier alpha value is -2.49. The number of ether oxygens (including phenoxy) is 1. The van der Waals surface area contributed by atoms with Crippen LogP contribution >= 0.6 is 0 Å². The fourth-order valence-corrected chi connectivity index (χ4v) is 2.83. The quantitative estimate of drug-likeness (QED) is 0.935. The summed E-state index contributed by atoms with van der Waals surface area (Å²) in [7, 11) is 0. The number of benzene rings is 2. The lowest BCUT2D eigenvalue weighted by molar-refractivity contribution is 0.0921. The van der Waals surface area contributed by atoms with E-state index < -0.39 is 0 Å². The van der Waals surface area contributed by atoms with Crippen LogP contribution in [0.5, 0.6) is 5.75 Å². The Balaban J connectivity index is 1.65. The molecular weight excluding hydrogens is 278 g/mol. The number of likely N-dealkylation sites (tertiary alicyclic amines) is 1. The average Bonchev–Trinajstić information content (AvgIpc) is 3.04. The van der Waals surface area contributed by atoms with Gasteiger partial charge in [0.2, 0.25) is 0 Å². The van der Waals surface area contributed by atoms with Crippen molar-refractivity contribution in [3.63, 3.8) is 0 Å². The van der Waals surface area contributed by atoms with Gasteiger partial charge in [-0.2, -0.15) is 0 Å². The molecule has 0 bridgehead atoms. The molecule has 1 fully saturated rings. The van der Waals surface area contributed by atoms with Gasteiger partial charge in [0.05, 0.1) is 6.04 Å². The maximum Gasteiger partial charge on any atom is 0.410 e. The van der Waals surface area contributed by atoms with Crippen LogP contribution in [0.1, 0.15) is 30.0 Å². The van der Waals surface area contributed by atoms with Gasteiger partial charge in [0, 0.05) is 6.54 Å². The molecule has 0 aromatic heterocycles. The molecule has 0 saturated carbocycles. The van der Waals surface area contributed by atoms with Gasteiger partial charge in [0.1, 0.15) is 12.4 Å². The molecule has 3 rings (SSSR count). The molecule has 1 atom stereocenters. The molecule has 1 N–H and O–H groups in total. The Morgan fingerprint density at radius 3 is 2.59 bits per heavy atom. The Morgan fingerprint density at radius 2 is 1.86 bits per heavy atom. The van der Waals surface area contributed by atoms with Crippen LogP contribution in [0.15, 0.2) is 54.6 Å². The first kappa shape index (κ1) is 14.4. The third kappa shape index (κ3) is 3.22. The van der Waals surface area contributed by atoms with Crippen LogP contribution < -0.4 is 0 Å². The molecule has 1 heterocycles. The lowest BCUT2D eigenvalue weighted by Crippen LogP contribution is -2.31. The van der Waals surface area contributed by atoms with Crippen LogP contribution in [0.2, 0.25) is 0 Å². The number of nitrogens with zero attached hydrogens (tertiary/aromatic N) is 1. The van der Waals surface area contributed by atoms with E-state index in [1.165, 1.54) is 0 Å². The smallest absolute Gasteiger partial charge is 0.410 e. The molecule has 0 spiro atoms. The monoisotopic (exact) mass is 297 g/mol. The first-order chi connectivity index (χ1) is 10.7. The average molecular weight is 297 g/mol. The molecule has 114 valence electrons. The number of carbonyl (C=O) groups excluding carboxylic acids is 1. The van der Waals surface area contributed by atoms with Gasteiger partial charge < -0.3 is 14.7 Å². The van der Waals surface area contributed by atoms with Crippen molar-refractivity contribution >= 4 is 6.09 Å². The van der Waals surface area contributed by atoms with Gasteiger partial charge in [0.25, 0.3) is 0 Å². The third-order valence-electron chi connectivity index (χ3n) is 3.97. The highest BCUT2D eigenvalue weighted by Gasteiger charge is 2.30. The van der Waals surface area contributed by atoms with Gasteiger partial charge in [-0.3, -0.25) is 0 Å². The summed E-state index contributed by atoms with van der Waals surface area (Å²) in [6.45, 7) is 0.998. The number of aromatic hydroxyl groups is 1. The van der Waals surface area contributed by atoms with E-state index in [1.807, 2.05) is 42.5 Å². The van der Waals surface area contributed by atoms with Crippen molar-refractivity contribution < 1.29 is 14.6 Å². The van der Waals surface area contributed by atoms with Crippen molar-refractivity contribution in [2.24, 2.45) is 0 Å². The van der Waals surface area contributed by atoms with Crippen molar-refractivity contribution in [3.8, 4) is 5.75 Å². The second-order valence-corrected chi connectivity index (χ2v) is 5.48. The zero-order chi connectivity index (χ0) is 15.4. The van der Waals surface area contributed by atoms with E-state index >= 15 is 0 Å². The summed E-state index contributed by atoms with van der Waals surface area (Å²) in [5, 5.41) is 9.38. The van der Waals surface area contributed by atoms with Crippen molar-refractivity contribution in [3.05, 3.63) is 65.7 Å². The van der Waals surface area contributed by atoms with Crippen molar-refractivity contribution in [1.29, 1.82) is 0 Å². The summed E-state index contributed by atoms with van der Waals surface area (Å²) < 4.78 is 5.43. The van der Waals surface area contributed by atoms with E-state index in [1.54, 1.807) is 17.0 Å². The minimum absolute atomic E-state index is 0.0314. The van der Waals surface area contributed by atoms with Gasteiger partial charge in [-0.25, -0.2) is 4.79 Å². The largest absolute Gasteiger partial charge is 0.508 e. The number of hydrogen-bond acceptors (Lipinski definition) is 3. The summed E-state index contributed by atoms with van der Waals surface area (Å²) in [6, 6.07) is 16.7. The Labute approximate surface area is 130 Å². The molecule has 1 saturated heterocycles. The molecule has 1 aliphatic heterocycles. The lowest BCUT2D eigenvalue weighted by atomic mass is 10.0. The maximum atomic E-state index is 12.3. The number of hydrogen-bond donors (Lipinski definition) is 1. The fourth-order valence-electron chi connectivity index (χ4n) is 2.83. The SMILES string of the molecule is O=C(OCc1ccccc1)N1CCCC1c1ccc(O)cc1. The summed E-state index contributed by atoms with van der Waals surface area (Å²) in [4.78, 5) is 14.1. The highest BCUT2D eigenvalue weighted by molar-refractivity contribution is 5.68. The molecular formula is C18H19NO3. The zero-order valence-electron chi connectivity index (χ0n) is 12.3. The second kappa shape index (κ2) is 6.52. The van der Waals surface area contributed by atoms with Crippen molar-refractivity contribution in [2.45, 2.75) is 25.5 Å². The van der Waals surface area contributed by atoms with Crippen LogP contribution in [-0.4, -0.2) is 22.6 Å². The number of amides is 1. The fraction of sp³-hybridized carbons (Fsp3) is 0.278. The molecule has 2 aromatic rings. The highest BCUT2D eigenvalue weighted by atomic mass is 16.6. The molecule has 0 radical (unpaired) electrons. The van der Waals surface area contributed by atoms with Gasteiger partial charge in [-0.05, 0) is 36.1 Å². The maximum absolute atomic E-state index is 12.3. The molecule has 1 unspecified atom stereocenters. The van der Waals surface area contributed by atoms with E-state index in [0.717, 1.165) is 24.0 Å². The van der Waals surface area contributed by atoms with E-state index in [2.05, 4.69) is 0 Å². The van der Waals surface area contributed by atoms with Gasteiger partial charge in [-0.1, -0.05) is 42.5 Å². The zero-order valence-corrected chi connectivity index (χ0v) is 12.3. The van der Waals surface area contributed by atoms with Crippen LogP contribution in [0.3, 0.4) is 0 Å². The van der Waals surface area contributed by atoms with Gasteiger partial charge in [0.15, 0.2) is 0 Å². The number of phenolic OH excluding ortho intramolecular Hbond substituents is 1. The normalized spacial score (nSPS) is 17.5. The highest BCUT2D eigenvalue weighted by Crippen LogP contribution is 2.33. The van der Waals surface area contributed by atoms with E-state index in [-0.39, 0.29) is 17.9 Å². The summed E-state index contributed by atoms with van der Waals surface area (Å²) in [5.41, 5.74) is 2.02. The molecule has 2 aromatic carbocycles. The second-order valence-electron chi connectivity index (χ2n) is 5.48. The number of rotatable bonds is 3. The summed E-state index contributed by atoms with van der Waals surface area (Å²) in [5.74, 6) is 0.236. The first-order valence-electron chi connectivity index (χ1n) is 7.50. The molecule has 4 nitrogen and oxygen atoms in total. The number of phenols is 1. The molecule has 0 aliphatic carbocycles. The first-order valence-corrected chi connectivity index (χ1v) is 7.50. The van der Waals surface area contributed by atoms with E-state index in [0.29, 0.717) is 13.2 Å². The standard InChI is InChI=1S/C18H19NO3/c20-16-10-8-15(9-11-16)17-7-4-12-19(17)18(21)22-13-14-5-2-1-3-6-14/h1-3,5-6,8-11,17,20H,4,7,12-13H2. The molecule has 22 heavy (non-hydrogen) atoms.